The standard InChI is InChI=1S/C15H23F2N/c1-4-6-12(10-18-11(2)3)9-13-7-5-8-14(16)15(13)17/h5,7-8,11-12,18H,4,6,9-10H2,1-3H3. The molecule has 0 saturated carbocycles. The van der Waals surface area contributed by atoms with Gasteiger partial charge in [0.1, 0.15) is 0 Å². The third-order valence-corrected chi connectivity index (χ3v) is 3.05. The van der Waals surface area contributed by atoms with Gasteiger partial charge in [-0.3, -0.25) is 0 Å². The molecule has 1 atom stereocenters. The summed E-state index contributed by atoms with van der Waals surface area (Å²) in [6, 6.07) is 4.84. The second kappa shape index (κ2) is 7.47. The van der Waals surface area contributed by atoms with Crippen molar-refractivity contribution in [3.8, 4) is 0 Å². The number of halogens is 2. The van der Waals surface area contributed by atoms with Crippen LogP contribution in [0.1, 0.15) is 39.2 Å². The van der Waals surface area contributed by atoms with Crippen molar-refractivity contribution >= 4 is 0 Å². The summed E-state index contributed by atoms with van der Waals surface area (Å²) < 4.78 is 26.7. The minimum Gasteiger partial charge on any atom is -0.314 e. The average molecular weight is 255 g/mol. The SMILES string of the molecule is CCCC(CNC(C)C)Cc1cccc(F)c1F. The molecule has 0 aliphatic heterocycles. The molecule has 3 heteroatoms. The van der Waals surface area contributed by atoms with Crippen LogP contribution in [0.25, 0.3) is 0 Å². The molecule has 0 heterocycles. The lowest BCUT2D eigenvalue weighted by Crippen LogP contribution is -2.30. The predicted molar refractivity (Wildman–Crippen MR) is 71.6 cm³/mol. The fraction of sp³-hybridized carbons (Fsp3) is 0.600. The summed E-state index contributed by atoms with van der Waals surface area (Å²) in [6.45, 7) is 7.14. The average Bonchev–Trinajstić information content (AvgIpc) is 2.32. The van der Waals surface area contributed by atoms with Gasteiger partial charge in [0.05, 0.1) is 0 Å². The molecule has 1 aromatic rings. The maximum absolute atomic E-state index is 13.6. The molecular weight excluding hydrogens is 232 g/mol. The summed E-state index contributed by atoms with van der Waals surface area (Å²) in [7, 11) is 0. The Labute approximate surface area is 109 Å². The Balaban J connectivity index is 2.67. The van der Waals surface area contributed by atoms with E-state index in [1.165, 1.54) is 6.07 Å². The van der Waals surface area contributed by atoms with Gasteiger partial charge in [-0.15, -0.1) is 0 Å². The smallest absolute Gasteiger partial charge is 0.162 e. The van der Waals surface area contributed by atoms with E-state index in [1.807, 2.05) is 0 Å². The lowest BCUT2D eigenvalue weighted by molar-refractivity contribution is 0.407. The van der Waals surface area contributed by atoms with Gasteiger partial charge in [0.15, 0.2) is 11.6 Å². The molecule has 102 valence electrons. The zero-order chi connectivity index (χ0) is 13.5. The van der Waals surface area contributed by atoms with E-state index >= 15 is 0 Å². The molecule has 1 aromatic carbocycles. The lowest BCUT2D eigenvalue weighted by atomic mass is 9.94. The number of hydrogen-bond acceptors (Lipinski definition) is 1. The van der Waals surface area contributed by atoms with Gasteiger partial charge in [-0.1, -0.05) is 39.3 Å². The molecule has 0 aliphatic carbocycles. The molecule has 0 saturated heterocycles. The minimum atomic E-state index is -0.750. The van der Waals surface area contributed by atoms with Crippen LogP contribution < -0.4 is 5.32 Å². The van der Waals surface area contributed by atoms with E-state index in [0.717, 1.165) is 19.4 Å². The molecule has 1 unspecified atom stereocenters. The van der Waals surface area contributed by atoms with Gasteiger partial charge in [0, 0.05) is 6.04 Å². The number of hydrogen-bond donors (Lipinski definition) is 1. The summed E-state index contributed by atoms with van der Waals surface area (Å²) in [5, 5.41) is 3.37. The van der Waals surface area contributed by atoms with E-state index in [9.17, 15) is 8.78 Å². The summed E-state index contributed by atoms with van der Waals surface area (Å²) in [6.07, 6.45) is 2.67. The summed E-state index contributed by atoms with van der Waals surface area (Å²) in [5.74, 6) is -1.09. The van der Waals surface area contributed by atoms with Gasteiger partial charge in [-0.25, -0.2) is 8.78 Å². The zero-order valence-corrected chi connectivity index (χ0v) is 11.5. The predicted octanol–water partition coefficient (Wildman–Crippen LogP) is 3.92. The first kappa shape index (κ1) is 15.1. The zero-order valence-electron chi connectivity index (χ0n) is 11.5. The van der Waals surface area contributed by atoms with Crippen LogP contribution in [0.15, 0.2) is 18.2 Å². The van der Waals surface area contributed by atoms with Crippen molar-refractivity contribution in [3.63, 3.8) is 0 Å². The highest BCUT2D eigenvalue weighted by atomic mass is 19.2. The van der Waals surface area contributed by atoms with E-state index in [2.05, 4.69) is 26.1 Å². The molecule has 0 fully saturated rings. The van der Waals surface area contributed by atoms with E-state index in [-0.39, 0.29) is 0 Å². The quantitative estimate of drug-likeness (QED) is 0.778. The van der Waals surface area contributed by atoms with Gasteiger partial charge >= 0.3 is 0 Å². The van der Waals surface area contributed by atoms with Crippen LogP contribution in [-0.4, -0.2) is 12.6 Å². The molecule has 0 bridgehead atoms. The minimum absolute atomic E-state index is 0.355. The molecule has 1 rings (SSSR count). The largest absolute Gasteiger partial charge is 0.314 e. The van der Waals surface area contributed by atoms with Crippen LogP contribution in [0.4, 0.5) is 8.78 Å². The maximum atomic E-state index is 13.6. The number of benzene rings is 1. The molecule has 1 N–H and O–H groups in total. The Kier molecular flexibility index (Phi) is 6.27. The highest BCUT2D eigenvalue weighted by molar-refractivity contribution is 5.19. The molecule has 0 radical (unpaired) electrons. The topological polar surface area (TPSA) is 12.0 Å². The summed E-state index contributed by atoms with van der Waals surface area (Å²) >= 11 is 0. The van der Waals surface area contributed by atoms with Crippen LogP contribution in [0.5, 0.6) is 0 Å². The van der Waals surface area contributed by atoms with Crippen molar-refractivity contribution in [1.82, 2.24) is 5.32 Å². The van der Waals surface area contributed by atoms with Gasteiger partial charge in [-0.05, 0) is 36.9 Å². The van der Waals surface area contributed by atoms with Gasteiger partial charge < -0.3 is 5.32 Å². The third kappa shape index (κ3) is 4.73. The van der Waals surface area contributed by atoms with E-state index in [4.69, 9.17) is 0 Å². The summed E-state index contributed by atoms with van der Waals surface area (Å²) in [4.78, 5) is 0. The van der Waals surface area contributed by atoms with Crippen molar-refractivity contribution in [1.29, 1.82) is 0 Å². The van der Waals surface area contributed by atoms with Crippen molar-refractivity contribution in [2.75, 3.05) is 6.54 Å². The Morgan fingerprint density at radius 2 is 1.94 bits per heavy atom. The first-order chi connectivity index (χ1) is 8.54. The maximum Gasteiger partial charge on any atom is 0.162 e. The Bertz CT molecular complexity index is 364. The lowest BCUT2D eigenvalue weighted by Gasteiger charge is -2.19. The Hall–Kier alpha value is -0.960. The van der Waals surface area contributed by atoms with Crippen molar-refractivity contribution in [3.05, 3.63) is 35.4 Å². The highest BCUT2D eigenvalue weighted by Crippen LogP contribution is 2.18. The summed E-state index contributed by atoms with van der Waals surface area (Å²) in [5.41, 5.74) is 0.485. The first-order valence-electron chi connectivity index (χ1n) is 6.70. The number of nitrogens with one attached hydrogen (secondary N) is 1. The van der Waals surface area contributed by atoms with Crippen molar-refractivity contribution in [2.24, 2.45) is 5.92 Å². The molecule has 18 heavy (non-hydrogen) atoms. The Morgan fingerprint density at radius 1 is 1.22 bits per heavy atom. The monoisotopic (exact) mass is 255 g/mol. The van der Waals surface area contributed by atoms with Crippen LogP contribution in [0.3, 0.4) is 0 Å². The Morgan fingerprint density at radius 3 is 2.56 bits per heavy atom. The highest BCUT2D eigenvalue weighted by Gasteiger charge is 2.14. The van der Waals surface area contributed by atoms with Gasteiger partial charge in [0.25, 0.3) is 0 Å². The second-order valence-corrected chi connectivity index (χ2v) is 5.13. The molecule has 0 amide bonds. The van der Waals surface area contributed by atoms with Crippen molar-refractivity contribution in [2.45, 2.75) is 46.1 Å². The normalized spacial score (nSPS) is 13.0. The van der Waals surface area contributed by atoms with Crippen LogP contribution >= 0.6 is 0 Å². The van der Waals surface area contributed by atoms with Gasteiger partial charge in [-0.2, -0.15) is 0 Å². The fourth-order valence-corrected chi connectivity index (χ4v) is 2.10. The molecule has 0 aromatic heterocycles. The molecule has 0 aliphatic rings. The van der Waals surface area contributed by atoms with E-state index < -0.39 is 11.6 Å². The first-order valence-corrected chi connectivity index (χ1v) is 6.70. The fourth-order valence-electron chi connectivity index (χ4n) is 2.10. The molecule has 0 spiro atoms. The van der Waals surface area contributed by atoms with E-state index in [0.29, 0.717) is 23.9 Å². The van der Waals surface area contributed by atoms with Gasteiger partial charge in [0.2, 0.25) is 0 Å². The number of rotatable bonds is 7. The molecule has 1 nitrogen and oxygen atoms in total. The molecular formula is C15H23F2N. The van der Waals surface area contributed by atoms with Crippen LogP contribution in [0, 0.1) is 17.6 Å². The van der Waals surface area contributed by atoms with Crippen molar-refractivity contribution < 1.29 is 8.78 Å². The van der Waals surface area contributed by atoms with Crippen LogP contribution in [-0.2, 0) is 6.42 Å². The van der Waals surface area contributed by atoms with Crippen LogP contribution in [0.2, 0.25) is 0 Å². The second-order valence-electron chi connectivity index (χ2n) is 5.13. The van der Waals surface area contributed by atoms with E-state index in [1.54, 1.807) is 12.1 Å². The third-order valence-electron chi connectivity index (χ3n) is 3.05.